The molecule has 144 valence electrons. The molecule has 1 aromatic carbocycles. The van der Waals surface area contributed by atoms with E-state index < -0.39 is 0 Å². The van der Waals surface area contributed by atoms with E-state index in [1.807, 2.05) is 47.0 Å². The maximum absolute atomic E-state index is 5.95. The van der Waals surface area contributed by atoms with Crippen molar-refractivity contribution in [3.63, 3.8) is 0 Å². The smallest absolute Gasteiger partial charge is 0.193 e. The Balaban J connectivity index is 0.00000261. The van der Waals surface area contributed by atoms with Crippen molar-refractivity contribution in [2.45, 2.75) is 12.8 Å². The van der Waals surface area contributed by atoms with E-state index in [0.29, 0.717) is 24.0 Å². The van der Waals surface area contributed by atoms with Gasteiger partial charge in [0.05, 0.1) is 14.2 Å². The lowest BCUT2D eigenvalue weighted by atomic mass is 10.2. The number of aliphatic imine (C=N–C) groups is 1. The third-order valence-corrected chi connectivity index (χ3v) is 3.88. The normalized spacial score (nSPS) is 11.1. The molecule has 0 spiro atoms. The molecule has 9 heteroatoms. The highest BCUT2D eigenvalue weighted by molar-refractivity contribution is 14.0. The molecule has 3 rings (SSSR count). The predicted molar refractivity (Wildman–Crippen MR) is 116 cm³/mol. The van der Waals surface area contributed by atoms with Crippen molar-refractivity contribution in [3.8, 4) is 11.5 Å². The average Bonchev–Trinajstić information content (AvgIpc) is 3.08. The van der Waals surface area contributed by atoms with E-state index in [4.69, 9.17) is 15.2 Å². The van der Waals surface area contributed by atoms with Gasteiger partial charge in [-0.05, 0) is 30.7 Å². The zero-order valence-electron chi connectivity index (χ0n) is 15.3. The quantitative estimate of drug-likeness (QED) is 0.233. The molecule has 0 radical (unpaired) electrons. The fourth-order valence-electron chi connectivity index (χ4n) is 2.60. The number of aryl methyl sites for hydroxylation is 1. The number of halogens is 1. The summed E-state index contributed by atoms with van der Waals surface area (Å²) in [5, 5.41) is 11.4. The number of hydrogen-bond donors (Lipinski definition) is 2. The largest absolute Gasteiger partial charge is 0.493 e. The molecule has 2 heterocycles. The van der Waals surface area contributed by atoms with E-state index in [9.17, 15) is 0 Å². The first-order valence-corrected chi connectivity index (χ1v) is 8.29. The van der Waals surface area contributed by atoms with Gasteiger partial charge in [-0.25, -0.2) is 0 Å². The van der Waals surface area contributed by atoms with Crippen LogP contribution >= 0.6 is 24.0 Å². The molecule has 27 heavy (non-hydrogen) atoms. The number of anilines is 1. The number of methoxy groups -OCH3 is 2. The maximum atomic E-state index is 5.95. The zero-order chi connectivity index (χ0) is 18.4. The molecule has 8 nitrogen and oxygen atoms in total. The van der Waals surface area contributed by atoms with Crippen LogP contribution in [0.1, 0.15) is 12.2 Å². The van der Waals surface area contributed by atoms with Crippen LogP contribution in [0.15, 0.2) is 47.6 Å². The highest BCUT2D eigenvalue weighted by Gasteiger charge is 2.06. The molecule has 2 aromatic heterocycles. The van der Waals surface area contributed by atoms with Crippen molar-refractivity contribution >= 4 is 41.3 Å². The summed E-state index contributed by atoms with van der Waals surface area (Å²) >= 11 is 0. The van der Waals surface area contributed by atoms with Crippen LogP contribution in [0.25, 0.3) is 5.65 Å². The van der Waals surface area contributed by atoms with Gasteiger partial charge in [-0.2, -0.15) is 0 Å². The fourth-order valence-corrected chi connectivity index (χ4v) is 2.60. The van der Waals surface area contributed by atoms with Gasteiger partial charge in [-0.15, -0.1) is 34.2 Å². The second kappa shape index (κ2) is 9.95. The predicted octanol–water partition coefficient (Wildman–Crippen LogP) is 2.72. The van der Waals surface area contributed by atoms with Gasteiger partial charge in [0.15, 0.2) is 23.1 Å². The summed E-state index contributed by atoms with van der Waals surface area (Å²) in [6, 6.07) is 11.3. The van der Waals surface area contributed by atoms with Gasteiger partial charge in [0.25, 0.3) is 0 Å². The zero-order valence-corrected chi connectivity index (χ0v) is 17.6. The number of hydrogen-bond acceptors (Lipinski definition) is 5. The Morgan fingerprint density at radius 2 is 1.96 bits per heavy atom. The molecule has 3 N–H and O–H groups in total. The summed E-state index contributed by atoms with van der Waals surface area (Å²) in [7, 11) is 3.19. The Labute approximate surface area is 174 Å². The first kappa shape index (κ1) is 20.7. The molecule has 0 saturated heterocycles. The summed E-state index contributed by atoms with van der Waals surface area (Å²) in [4.78, 5) is 4.35. The summed E-state index contributed by atoms with van der Waals surface area (Å²) in [5.41, 5.74) is 7.58. The molecular formula is C18H23IN6O2. The minimum atomic E-state index is 0. The second-order valence-electron chi connectivity index (χ2n) is 5.61. The number of rotatable bonds is 7. The van der Waals surface area contributed by atoms with Crippen molar-refractivity contribution in [2.24, 2.45) is 10.7 Å². The monoisotopic (exact) mass is 482 g/mol. The number of nitrogens with one attached hydrogen (secondary N) is 1. The molecule has 0 saturated carbocycles. The average molecular weight is 482 g/mol. The second-order valence-corrected chi connectivity index (χ2v) is 5.61. The molecule has 3 aromatic rings. The van der Waals surface area contributed by atoms with Crippen LogP contribution in [0.4, 0.5) is 5.69 Å². The van der Waals surface area contributed by atoms with Gasteiger partial charge in [-0.3, -0.25) is 9.39 Å². The van der Waals surface area contributed by atoms with Crippen molar-refractivity contribution in [1.82, 2.24) is 14.6 Å². The third kappa shape index (κ3) is 5.22. The van der Waals surface area contributed by atoms with Gasteiger partial charge in [0, 0.05) is 30.9 Å². The van der Waals surface area contributed by atoms with Crippen LogP contribution in [0.2, 0.25) is 0 Å². The summed E-state index contributed by atoms with van der Waals surface area (Å²) in [6.07, 6.45) is 3.56. The van der Waals surface area contributed by atoms with Gasteiger partial charge in [0.2, 0.25) is 0 Å². The minimum Gasteiger partial charge on any atom is -0.493 e. The van der Waals surface area contributed by atoms with Crippen molar-refractivity contribution < 1.29 is 9.47 Å². The van der Waals surface area contributed by atoms with Gasteiger partial charge < -0.3 is 20.5 Å². The van der Waals surface area contributed by atoms with Crippen molar-refractivity contribution in [3.05, 3.63) is 48.4 Å². The third-order valence-electron chi connectivity index (χ3n) is 3.88. The molecule has 0 amide bonds. The van der Waals surface area contributed by atoms with E-state index in [1.54, 1.807) is 14.2 Å². The van der Waals surface area contributed by atoms with Gasteiger partial charge in [0.1, 0.15) is 5.82 Å². The number of aromatic nitrogens is 3. The number of nitrogens with two attached hydrogens (primary N) is 1. The van der Waals surface area contributed by atoms with E-state index in [-0.39, 0.29) is 24.0 Å². The molecule has 0 aliphatic heterocycles. The van der Waals surface area contributed by atoms with Crippen LogP contribution in [0, 0.1) is 0 Å². The molecule has 0 unspecified atom stereocenters. The van der Waals surface area contributed by atoms with Crippen LogP contribution in [0.3, 0.4) is 0 Å². The molecular weight excluding hydrogens is 459 g/mol. The number of ether oxygens (including phenoxy) is 2. The fraction of sp³-hybridized carbons (Fsp3) is 0.278. The highest BCUT2D eigenvalue weighted by Crippen LogP contribution is 2.29. The van der Waals surface area contributed by atoms with E-state index in [0.717, 1.165) is 30.0 Å². The number of pyridine rings is 1. The SMILES string of the molecule is COc1ccc(NC(N)=NCCCc2nnc3ccccn23)cc1OC.I. The lowest BCUT2D eigenvalue weighted by molar-refractivity contribution is 0.355. The minimum absolute atomic E-state index is 0. The highest BCUT2D eigenvalue weighted by atomic mass is 127. The number of benzene rings is 1. The number of guanidine groups is 1. The molecule has 0 atom stereocenters. The van der Waals surface area contributed by atoms with Crippen LogP contribution in [-0.2, 0) is 6.42 Å². The Morgan fingerprint density at radius 1 is 1.15 bits per heavy atom. The van der Waals surface area contributed by atoms with Crippen LogP contribution < -0.4 is 20.5 Å². The Bertz CT molecular complexity index is 912. The Hall–Kier alpha value is -2.56. The van der Waals surface area contributed by atoms with Crippen molar-refractivity contribution in [1.29, 1.82) is 0 Å². The van der Waals surface area contributed by atoms with E-state index in [2.05, 4.69) is 20.5 Å². The van der Waals surface area contributed by atoms with Crippen LogP contribution in [0.5, 0.6) is 11.5 Å². The summed E-state index contributed by atoms with van der Waals surface area (Å²) < 4.78 is 12.5. The molecule has 0 bridgehead atoms. The summed E-state index contributed by atoms with van der Waals surface area (Å²) in [5.74, 6) is 2.56. The van der Waals surface area contributed by atoms with Gasteiger partial charge >= 0.3 is 0 Å². The first-order valence-electron chi connectivity index (χ1n) is 8.29. The number of fused-ring (bicyclic) bond motifs is 1. The maximum Gasteiger partial charge on any atom is 0.193 e. The molecule has 0 aliphatic rings. The first-order chi connectivity index (χ1) is 12.7. The van der Waals surface area contributed by atoms with Gasteiger partial charge in [-0.1, -0.05) is 6.07 Å². The number of nitrogens with zero attached hydrogens (tertiary/aromatic N) is 4. The van der Waals surface area contributed by atoms with E-state index in [1.165, 1.54) is 0 Å². The van der Waals surface area contributed by atoms with Crippen LogP contribution in [-0.4, -0.2) is 41.3 Å². The summed E-state index contributed by atoms with van der Waals surface area (Å²) in [6.45, 7) is 0.591. The molecule has 0 aliphatic carbocycles. The standard InChI is InChI=1S/C18H22N6O2.HI/c1-25-14-9-8-13(12-15(14)26-2)21-18(19)20-10-5-7-17-23-22-16-6-3-4-11-24(16)17;/h3-4,6,8-9,11-12H,5,7,10H2,1-2H3,(H3,19,20,21);1H. The lowest BCUT2D eigenvalue weighted by Gasteiger charge is -2.10. The van der Waals surface area contributed by atoms with Crippen molar-refractivity contribution in [2.75, 3.05) is 26.1 Å². The Kier molecular flexibility index (Phi) is 7.65. The topological polar surface area (TPSA) is 99.1 Å². The Morgan fingerprint density at radius 3 is 2.74 bits per heavy atom. The molecule has 0 fully saturated rings. The lowest BCUT2D eigenvalue weighted by Crippen LogP contribution is -2.23. The van der Waals surface area contributed by atoms with E-state index >= 15 is 0 Å².